The van der Waals surface area contributed by atoms with Crippen molar-refractivity contribution in [2.45, 2.75) is 39.5 Å². The van der Waals surface area contributed by atoms with Gasteiger partial charge in [-0.1, -0.05) is 25.8 Å². The van der Waals surface area contributed by atoms with Crippen LogP contribution in [0.3, 0.4) is 0 Å². The summed E-state index contributed by atoms with van der Waals surface area (Å²) < 4.78 is 4.79. The first-order valence-corrected chi connectivity index (χ1v) is 7.44. The zero-order chi connectivity index (χ0) is 15.0. The highest BCUT2D eigenvalue weighted by Gasteiger charge is 2.08. The number of nitrogens with zero attached hydrogens (tertiary/aromatic N) is 1. The lowest BCUT2D eigenvalue weighted by molar-refractivity contribution is 0.0600. The summed E-state index contributed by atoms with van der Waals surface area (Å²) in [6, 6.07) is 5.96. The smallest absolute Gasteiger partial charge is 0.337 e. The highest BCUT2D eigenvalue weighted by atomic mass is 16.5. The largest absolute Gasteiger partial charge is 0.465 e. The van der Waals surface area contributed by atoms with E-state index in [0.29, 0.717) is 5.56 Å². The van der Waals surface area contributed by atoms with Crippen molar-refractivity contribution in [1.29, 1.82) is 0 Å². The molecule has 0 fully saturated rings. The minimum absolute atomic E-state index is 0.258. The van der Waals surface area contributed by atoms with E-state index in [1.165, 1.54) is 31.9 Å². The molecule has 0 heterocycles. The predicted molar refractivity (Wildman–Crippen MR) is 83.2 cm³/mol. The van der Waals surface area contributed by atoms with Gasteiger partial charge < -0.3 is 9.64 Å². The fraction of sp³-hybridized carbons (Fsp3) is 0.588. The Morgan fingerprint density at radius 1 is 1.20 bits per heavy atom. The van der Waals surface area contributed by atoms with Gasteiger partial charge in [0.1, 0.15) is 0 Å². The Hall–Kier alpha value is -1.35. The molecule has 0 bridgehead atoms. The number of carbonyl (C=O) groups is 1. The highest BCUT2D eigenvalue weighted by molar-refractivity contribution is 5.89. The molecule has 0 atom stereocenters. The van der Waals surface area contributed by atoms with Crippen LogP contribution in [0.4, 0.5) is 0 Å². The summed E-state index contributed by atoms with van der Waals surface area (Å²) in [6.07, 6.45) is 4.78. The monoisotopic (exact) mass is 277 g/mol. The van der Waals surface area contributed by atoms with E-state index in [9.17, 15) is 4.79 Å². The third-order valence-electron chi connectivity index (χ3n) is 3.48. The molecule has 3 heteroatoms. The lowest BCUT2D eigenvalue weighted by atomic mass is 10.0. The van der Waals surface area contributed by atoms with Crippen LogP contribution in [-0.2, 0) is 11.2 Å². The minimum Gasteiger partial charge on any atom is -0.465 e. The molecule has 0 aromatic heterocycles. The zero-order valence-corrected chi connectivity index (χ0v) is 13.2. The van der Waals surface area contributed by atoms with Crippen LogP contribution in [0.25, 0.3) is 0 Å². The summed E-state index contributed by atoms with van der Waals surface area (Å²) >= 11 is 0. The van der Waals surface area contributed by atoms with Gasteiger partial charge in [-0.25, -0.2) is 4.79 Å². The van der Waals surface area contributed by atoms with E-state index in [2.05, 4.69) is 24.9 Å². The average molecular weight is 277 g/mol. The maximum atomic E-state index is 11.6. The standard InChI is InChI=1S/C17H27NO2/c1-5-6-7-9-18(3)10-8-15-11-14(2)12-16(13-15)17(19)20-4/h11-13H,5-10H2,1-4H3. The van der Waals surface area contributed by atoms with Gasteiger partial charge in [0.15, 0.2) is 0 Å². The first-order chi connectivity index (χ1) is 9.56. The number of esters is 1. The summed E-state index contributed by atoms with van der Waals surface area (Å²) in [5.74, 6) is -0.258. The Kier molecular flexibility index (Phi) is 7.31. The fourth-order valence-electron chi connectivity index (χ4n) is 2.31. The Morgan fingerprint density at radius 2 is 1.95 bits per heavy atom. The van der Waals surface area contributed by atoms with Crippen LogP contribution >= 0.6 is 0 Å². The van der Waals surface area contributed by atoms with E-state index >= 15 is 0 Å². The number of carbonyl (C=O) groups excluding carboxylic acids is 1. The molecule has 0 amide bonds. The summed E-state index contributed by atoms with van der Waals surface area (Å²) in [4.78, 5) is 14.0. The van der Waals surface area contributed by atoms with E-state index in [1.54, 1.807) is 0 Å². The third kappa shape index (κ3) is 5.74. The number of likely N-dealkylation sites (N-methyl/N-ethyl adjacent to an activating group) is 1. The van der Waals surface area contributed by atoms with Crippen LogP contribution in [0.1, 0.15) is 47.7 Å². The molecule has 0 saturated carbocycles. The number of hydrogen-bond donors (Lipinski definition) is 0. The Morgan fingerprint density at radius 3 is 2.60 bits per heavy atom. The van der Waals surface area contributed by atoms with Crippen LogP contribution in [0.15, 0.2) is 18.2 Å². The van der Waals surface area contributed by atoms with Crippen LogP contribution in [-0.4, -0.2) is 38.1 Å². The van der Waals surface area contributed by atoms with Gasteiger partial charge in [0.2, 0.25) is 0 Å². The molecular weight excluding hydrogens is 250 g/mol. The van der Waals surface area contributed by atoms with Crippen molar-refractivity contribution in [3.63, 3.8) is 0 Å². The molecule has 1 aromatic rings. The zero-order valence-electron chi connectivity index (χ0n) is 13.2. The van der Waals surface area contributed by atoms with Crippen molar-refractivity contribution in [2.75, 3.05) is 27.2 Å². The molecule has 0 aliphatic heterocycles. The second kappa shape index (κ2) is 8.75. The normalized spacial score (nSPS) is 10.8. The number of aryl methyl sites for hydroxylation is 1. The van der Waals surface area contributed by atoms with Crippen LogP contribution < -0.4 is 0 Å². The molecule has 3 nitrogen and oxygen atoms in total. The van der Waals surface area contributed by atoms with Gasteiger partial charge in [-0.3, -0.25) is 0 Å². The van der Waals surface area contributed by atoms with Crippen molar-refractivity contribution in [3.8, 4) is 0 Å². The van der Waals surface area contributed by atoms with E-state index < -0.39 is 0 Å². The number of hydrogen-bond acceptors (Lipinski definition) is 3. The van der Waals surface area contributed by atoms with E-state index in [1.807, 2.05) is 19.1 Å². The number of methoxy groups -OCH3 is 1. The van der Waals surface area contributed by atoms with E-state index in [4.69, 9.17) is 4.74 Å². The molecule has 0 spiro atoms. The maximum absolute atomic E-state index is 11.6. The second-order valence-electron chi connectivity index (χ2n) is 5.46. The Labute approximate surface area is 122 Å². The topological polar surface area (TPSA) is 29.5 Å². The van der Waals surface area contributed by atoms with Gasteiger partial charge in [0.05, 0.1) is 12.7 Å². The summed E-state index contributed by atoms with van der Waals surface area (Å²) in [5, 5.41) is 0. The Balaban J connectivity index is 2.55. The lowest BCUT2D eigenvalue weighted by Crippen LogP contribution is -2.22. The van der Waals surface area contributed by atoms with Gasteiger partial charge in [-0.2, -0.15) is 0 Å². The first kappa shape index (κ1) is 16.7. The van der Waals surface area contributed by atoms with Gasteiger partial charge in [0.25, 0.3) is 0 Å². The molecule has 0 saturated heterocycles. The molecule has 1 rings (SSSR count). The third-order valence-corrected chi connectivity index (χ3v) is 3.48. The van der Waals surface area contributed by atoms with Crippen LogP contribution in [0, 0.1) is 6.92 Å². The van der Waals surface area contributed by atoms with Crippen molar-refractivity contribution < 1.29 is 9.53 Å². The molecule has 1 aromatic carbocycles. The first-order valence-electron chi connectivity index (χ1n) is 7.44. The number of ether oxygens (including phenoxy) is 1. The van der Waals surface area contributed by atoms with Crippen LogP contribution in [0.2, 0.25) is 0 Å². The predicted octanol–water partition coefficient (Wildman–Crippen LogP) is 3.45. The lowest BCUT2D eigenvalue weighted by Gasteiger charge is -2.16. The van der Waals surface area contributed by atoms with E-state index in [-0.39, 0.29) is 5.97 Å². The quantitative estimate of drug-likeness (QED) is 0.538. The average Bonchev–Trinajstić information content (AvgIpc) is 2.44. The summed E-state index contributed by atoms with van der Waals surface area (Å²) in [7, 11) is 3.58. The summed E-state index contributed by atoms with van der Waals surface area (Å²) in [6.45, 7) is 6.40. The van der Waals surface area contributed by atoms with Gasteiger partial charge in [-0.05, 0) is 56.6 Å². The number of benzene rings is 1. The molecule has 0 aliphatic carbocycles. The van der Waals surface area contributed by atoms with Crippen molar-refractivity contribution in [3.05, 3.63) is 34.9 Å². The van der Waals surface area contributed by atoms with Gasteiger partial charge in [-0.15, -0.1) is 0 Å². The number of rotatable bonds is 8. The second-order valence-corrected chi connectivity index (χ2v) is 5.46. The fourth-order valence-corrected chi connectivity index (χ4v) is 2.31. The maximum Gasteiger partial charge on any atom is 0.337 e. The number of unbranched alkanes of at least 4 members (excludes halogenated alkanes) is 2. The van der Waals surface area contributed by atoms with Crippen molar-refractivity contribution in [2.24, 2.45) is 0 Å². The molecule has 0 N–H and O–H groups in total. The molecular formula is C17H27NO2. The molecule has 0 unspecified atom stereocenters. The van der Waals surface area contributed by atoms with Crippen molar-refractivity contribution >= 4 is 5.97 Å². The Bertz CT molecular complexity index is 429. The molecule has 0 radical (unpaired) electrons. The molecule has 112 valence electrons. The van der Waals surface area contributed by atoms with Gasteiger partial charge in [0, 0.05) is 6.54 Å². The summed E-state index contributed by atoms with van der Waals surface area (Å²) in [5.41, 5.74) is 2.96. The van der Waals surface area contributed by atoms with Crippen LogP contribution in [0.5, 0.6) is 0 Å². The van der Waals surface area contributed by atoms with E-state index in [0.717, 1.165) is 25.1 Å². The highest BCUT2D eigenvalue weighted by Crippen LogP contribution is 2.12. The molecule has 0 aliphatic rings. The minimum atomic E-state index is -0.258. The van der Waals surface area contributed by atoms with Gasteiger partial charge >= 0.3 is 5.97 Å². The molecule has 20 heavy (non-hydrogen) atoms. The van der Waals surface area contributed by atoms with Crippen molar-refractivity contribution in [1.82, 2.24) is 4.90 Å². The SMILES string of the molecule is CCCCCN(C)CCc1cc(C)cc(C(=O)OC)c1.